The zero-order chi connectivity index (χ0) is 72.4. The van der Waals surface area contributed by atoms with Crippen LogP contribution in [0.3, 0.4) is 0 Å². The number of hydrogen-bond donors (Lipinski definition) is 19. The van der Waals surface area contributed by atoms with Crippen LogP contribution in [0.2, 0.25) is 0 Å². The highest BCUT2D eigenvalue weighted by molar-refractivity contribution is 5.78. The molecule has 0 aliphatic carbocycles. The molecule has 4 rings (SSSR count). The normalized spacial score (nSPS) is 25.9. The molecule has 36 heteroatoms. The topological polar surface area (TPSA) is 539 Å². The number of ether oxygens (including phenoxy) is 10. The van der Waals surface area contributed by atoms with Crippen molar-refractivity contribution in [3.63, 3.8) is 0 Å². The molecule has 19 N–H and O–H groups in total. The standard InChI is InChI=1S/C63H107N7O29/c71-33-41-50(80)53(83)56(86)59(97-41)93-27-7-4-15-44(74)64-21-10-24-67-47(77)18-30-90-37-63(70-62(89)96-36-40-13-2-1-3-14-40,38-91-31-19-48(78)68-25-11-22-65-45(75)16-5-8-28-94-60-57(87)54(84)51(81)42(34-72)98-60)39-92-32-20-49(79)69-26-12-23-66-46(76)17-6-9-29-95-61-58(88)55(85)52(82)43(35-73)99-61/h1-3,13-14,41-43,50-61,71-73,80-88H,4-12,15-39H2,(H,64,74)(H,65,75)(H,66,76)(H,67,77)(H,68,78)(H,69,79)(H,70,89). The maximum Gasteiger partial charge on any atom is 0.408 e. The predicted octanol–water partition coefficient (Wildman–Crippen LogP) is -6.30. The van der Waals surface area contributed by atoms with Crippen LogP contribution in [-0.4, -0.2) is 319 Å². The number of amides is 7. The molecule has 36 nitrogen and oxygen atoms in total. The summed E-state index contributed by atoms with van der Waals surface area (Å²) in [6.45, 7) is -1.70. The maximum absolute atomic E-state index is 13.5. The fraction of sp³-hybridized carbons (Fsp3) is 0.794. The third-order valence-corrected chi connectivity index (χ3v) is 15.9. The Hall–Kier alpha value is -5.53. The van der Waals surface area contributed by atoms with Gasteiger partial charge in [0.1, 0.15) is 85.4 Å². The number of carbonyl (C=O) groups excluding carboxylic acids is 7. The van der Waals surface area contributed by atoms with Crippen molar-refractivity contribution >= 4 is 41.5 Å². The van der Waals surface area contributed by atoms with Gasteiger partial charge in [-0.3, -0.25) is 28.8 Å². The van der Waals surface area contributed by atoms with Crippen LogP contribution in [0.5, 0.6) is 0 Å². The van der Waals surface area contributed by atoms with Gasteiger partial charge in [-0.2, -0.15) is 0 Å². The molecule has 568 valence electrons. The van der Waals surface area contributed by atoms with Gasteiger partial charge in [0.05, 0.1) is 59.5 Å². The van der Waals surface area contributed by atoms with Gasteiger partial charge in [-0.1, -0.05) is 30.3 Å². The molecule has 15 atom stereocenters. The van der Waals surface area contributed by atoms with Crippen molar-refractivity contribution in [2.45, 2.75) is 201 Å². The minimum Gasteiger partial charge on any atom is -0.445 e. The van der Waals surface area contributed by atoms with Gasteiger partial charge in [-0.15, -0.1) is 0 Å². The number of nitrogens with one attached hydrogen (secondary N) is 7. The minimum atomic E-state index is -1.57. The highest BCUT2D eigenvalue weighted by Crippen LogP contribution is 2.25. The first kappa shape index (κ1) is 85.9. The number of benzene rings is 1. The van der Waals surface area contributed by atoms with E-state index in [0.717, 1.165) is 0 Å². The van der Waals surface area contributed by atoms with Gasteiger partial charge in [-0.05, 0) is 63.4 Å². The Bertz CT molecular complexity index is 2230. The van der Waals surface area contributed by atoms with Crippen molar-refractivity contribution in [1.29, 1.82) is 0 Å². The maximum atomic E-state index is 13.5. The Balaban J connectivity index is 1.21. The second-order valence-electron chi connectivity index (χ2n) is 24.1. The van der Waals surface area contributed by atoms with Crippen LogP contribution in [0.15, 0.2) is 30.3 Å². The SMILES string of the molecule is O=C(CCCCOC1OC(CO)C(O)C(O)C1O)NCCCNC(=O)CCOCC(COCCC(=O)NCCCNC(=O)CCCCOC1OC(CO)C(O)C(O)C1O)(COCCC(=O)NCCCNC(=O)CCCCOC1OC(CO)C(O)C(O)C1O)NC(=O)OCc1ccccc1. The average Bonchev–Trinajstić information content (AvgIpc) is 0.835. The molecule has 15 unspecified atom stereocenters. The molecule has 0 spiro atoms. The van der Waals surface area contributed by atoms with Crippen molar-refractivity contribution in [3.05, 3.63) is 35.9 Å². The molecule has 7 amide bonds. The Kier molecular flexibility index (Phi) is 42.6. The quantitative estimate of drug-likeness (QED) is 0.0270. The molecular weight excluding hydrogens is 1320 g/mol. The number of aliphatic hydroxyl groups is 12. The Morgan fingerprint density at radius 1 is 0.364 bits per heavy atom. The van der Waals surface area contributed by atoms with Crippen molar-refractivity contribution in [2.24, 2.45) is 0 Å². The van der Waals surface area contributed by atoms with Gasteiger partial charge in [0.25, 0.3) is 0 Å². The minimum absolute atomic E-state index is 0.0664. The summed E-state index contributed by atoms with van der Waals surface area (Å²) in [5.41, 5.74) is -0.849. The van der Waals surface area contributed by atoms with E-state index in [9.17, 15) is 94.8 Å². The summed E-state index contributed by atoms with van der Waals surface area (Å²) in [5.74, 6) is -1.91. The van der Waals surface area contributed by atoms with Gasteiger partial charge >= 0.3 is 6.09 Å². The summed E-state index contributed by atoms with van der Waals surface area (Å²) in [7, 11) is 0. The largest absolute Gasteiger partial charge is 0.445 e. The third-order valence-electron chi connectivity index (χ3n) is 15.9. The van der Waals surface area contributed by atoms with E-state index in [2.05, 4.69) is 37.2 Å². The van der Waals surface area contributed by atoms with Crippen LogP contribution in [0, 0.1) is 0 Å². The zero-order valence-corrected chi connectivity index (χ0v) is 55.9. The number of alkyl carbamates (subject to hydrolysis) is 1. The van der Waals surface area contributed by atoms with Gasteiger partial charge in [-0.25, -0.2) is 4.79 Å². The Morgan fingerprint density at radius 2 is 0.657 bits per heavy atom. The molecule has 1 aromatic rings. The first-order chi connectivity index (χ1) is 47.6. The number of aliphatic hydroxyl groups excluding tert-OH is 12. The lowest BCUT2D eigenvalue weighted by Crippen LogP contribution is -2.59. The van der Waals surface area contributed by atoms with Crippen molar-refractivity contribution < 1.29 is 142 Å². The highest BCUT2D eigenvalue weighted by atomic mass is 16.7. The number of hydrogen-bond acceptors (Lipinski definition) is 29. The van der Waals surface area contributed by atoms with Crippen molar-refractivity contribution in [3.8, 4) is 0 Å². The van der Waals surface area contributed by atoms with Crippen LogP contribution < -0.4 is 37.2 Å². The van der Waals surface area contributed by atoms with E-state index < -0.39 is 124 Å². The fourth-order valence-electron chi connectivity index (χ4n) is 10.0. The van der Waals surface area contributed by atoms with Gasteiger partial charge < -0.3 is 146 Å². The summed E-state index contributed by atoms with van der Waals surface area (Å²) < 4.78 is 55.8. The monoisotopic (exact) mass is 1430 g/mol. The van der Waals surface area contributed by atoms with E-state index in [0.29, 0.717) is 63.4 Å². The van der Waals surface area contributed by atoms with Crippen LogP contribution in [-0.2, 0) is 82.7 Å². The van der Waals surface area contributed by atoms with Crippen LogP contribution in [0.25, 0.3) is 0 Å². The van der Waals surface area contributed by atoms with E-state index >= 15 is 0 Å². The molecule has 3 aliphatic heterocycles. The summed E-state index contributed by atoms with van der Waals surface area (Å²) in [6, 6.07) is 8.84. The molecule has 0 bridgehead atoms. The first-order valence-corrected chi connectivity index (χ1v) is 33.7. The summed E-state index contributed by atoms with van der Waals surface area (Å²) in [4.78, 5) is 89.6. The van der Waals surface area contributed by atoms with E-state index in [4.69, 9.17) is 47.4 Å². The van der Waals surface area contributed by atoms with Crippen molar-refractivity contribution in [1.82, 2.24) is 37.2 Å². The van der Waals surface area contributed by atoms with E-state index in [-0.39, 0.29) is 179 Å². The molecule has 0 saturated carbocycles. The highest BCUT2D eigenvalue weighted by Gasteiger charge is 2.46. The van der Waals surface area contributed by atoms with Crippen LogP contribution >= 0.6 is 0 Å². The van der Waals surface area contributed by atoms with Gasteiger partial charge in [0.15, 0.2) is 18.9 Å². The third kappa shape index (κ3) is 33.4. The lowest BCUT2D eigenvalue weighted by Gasteiger charge is -2.39. The van der Waals surface area contributed by atoms with Gasteiger partial charge in [0.2, 0.25) is 35.4 Å². The average molecular weight is 1430 g/mol. The van der Waals surface area contributed by atoms with E-state index in [1.165, 1.54) is 0 Å². The smallest absolute Gasteiger partial charge is 0.408 e. The molecule has 3 fully saturated rings. The molecule has 1 aromatic carbocycles. The molecule has 3 heterocycles. The summed E-state index contributed by atoms with van der Waals surface area (Å²) >= 11 is 0. The van der Waals surface area contributed by atoms with Crippen molar-refractivity contribution in [2.75, 3.05) is 119 Å². The van der Waals surface area contributed by atoms with E-state index in [1.807, 2.05) is 0 Å². The molecule has 99 heavy (non-hydrogen) atoms. The summed E-state index contributed by atoms with van der Waals surface area (Å²) in [6.07, 6.45) is -18.2. The molecule has 0 radical (unpaired) electrons. The first-order valence-electron chi connectivity index (χ1n) is 33.7. The number of carbonyl (C=O) groups is 7. The zero-order valence-electron chi connectivity index (χ0n) is 55.9. The Morgan fingerprint density at radius 3 is 0.949 bits per heavy atom. The number of rotatable bonds is 51. The molecule has 3 saturated heterocycles. The van der Waals surface area contributed by atoms with Crippen LogP contribution in [0.4, 0.5) is 4.79 Å². The second-order valence-corrected chi connectivity index (χ2v) is 24.1. The molecule has 0 aromatic heterocycles. The number of unbranched alkanes of at least 4 members (excludes halogenated alkanes) is 3. The molecule has 3 aliphatic rings. The summed E-state index contributed by atoms with van der Waals surface area (Å²) in [5, 5.41) is 137. The van der Waals surface area contributed by atoms with E-state index in [1.54, 1.807) is 30.3 Å². The van der Waals surface area contributed by atoms with Crippen LogP contribution in [0.1, 0.15) is 102 Å². The lowest BCUT2D eigenvalue weighted by atomic mass is 9.99. The lowest BCUT2D eigenvalue weighted by molar-refractivity contribution is -0.301. The fourth-order valence-corrected chi connectivity index (χ4v) is 10.0. The Labute approximate surface area is 574 Å². The second kappa shape index (κ2) is 49.1. The molecular formula is C63H107N7O29. The van der Waals surface area contributed by atoms with Gasteiger partial charge in [0, 0.05) is 97.6 Å². The predicted molar refractivity (Wildman–Crippen MR) is 341 cm³/mol.